The summed E-state index contributed by atoms with van der Waals surface area (Å²) in [5.41, 5.74) is 15.6. The van der Waals surface area contributed by atoms with E-state index < -0.39 is 17.6 Å². The third kappa shape index (κ3) is 3.49. The standard InChI is InChI=1S/C25H23N3O5/c26-15-5-7-18-21(11-15)33-22-12-16(28-23(29)10-9-20(27)24(30)31)6-8-19(22)25(18)17-4-2-1-3-14(17)13-32-25/h1-8,11-12,20H,9-10,13,26-27H2,(H,28,29)(H,30,31). The number of nitrogens with two attached hydrogens (primary N) is 2. The predicted octanol–water partition coefficient (Wildman–Crippen LogP) is 3.33. The Morgan fingerprint density at radius 2 is 1.76 bits per heavy atom. The third-order valence-electron chi connectivity index (χ3n) is 6.09. The van der Waals surface area contributed by atoms with Crippen molar-refractivity contribution >= 4 is 23.3 Å². The molecule has 0 aromatic heterocycles. The molecule has 8 nitrogen and oxygen atoms in total. The van der Waals surface area contributed by atoms with Gasteiger partial charge < -0.3 is 31.4 Å². The van der Waals surface area contributed by atoms with Gasteiger partial charge >= 0.3 is 5.97 Å². The molecule has 3 aromatic carbocycles. The van der Waals surface area contributed by atoms with Gasteiger partial charge in [0.05, 0.1) is 6.61 Å². The van der Waals surface area contributed by atoms with E-state index in [9.17, 15) is 9.59 Å². The van der Waals surface area contributed by atoms with Crippen LogP contribution in [0.2, 0.25) is 0 Å². The van der Waals surface area contributed by atoms with Crippen LogP contribution in [0.1, 0.15) is 35.1 Å². The largest absolute Gasteiger partial charge is 0.480 e. The number of nitrogen functional groups attached to an aromatic ring is 1. The van der Waals surface area contributed by atoms with Gasteiger partial charge in [0, 0.05) is 41.1 Å². The van der Waals surface area contributed by atoms with Crippen LogP contribution in [0.25, 0.3) is 0 Å². The average molecular weight is 445 g/mol. The van der Waals surface area contributed by atoms with Crippen LogP contribution in [0.4, 0.5) is 11.4 Å². The highest BCUT2D eigenvalue weighted by atomic mass is 16.5. The Hall–Kier alpha value is -3.88. The first-order valence-electron chi connectivity index (χ1n) is 10.6. The van der Waals surface area contributed by atoms with Crippen molar-refractivity contribution in [3.05, 3.63) is 82.9 Å². The number of anilines is 2. The second kappa shape index (κ2) is 7.91. The maximum Gasteiger partial charge on any atom is 0.320 e. The summed E-state index contributed by atoms with van der Waals surface area (Å²) in [4.78, 5) is 23.2. The molecular weight excluding hydrogens is 422 g/mol. The van der Waals surface area contributed by atoms with Crippen molar-refractivity contribution < 1.29 is 24.2 Å². The van der Waals surface area contributed by atoms with Crippen LogP contribution >= 0.6 is 0 Å². The number of hydrogen-bond donors (Lipinski definition) is 4. The Labute approximate surface area is 190 Å². The fourth-order valence-electron chi connectivity index (χ4n) is 4.49. The molecule has 5 rings (SSSR count). The summed E-state index contributed by atoms with van der Waals surface area (Å²) in [5, 5.41) is 11.7. The average Bonchev–Trinajstić information content (AvgIpc) is 3.17. The number of hydrogen-bond acceptors (Lipinski definition) is 6. The maximum absolute atomic E-state index is 12.3. The van der Waals surface area contributed by atoms with Crippen molar-refractivity contribution in [2.24, 2.45) is 5.73 Å². The summed E-state index contributed by atoms with van der Waals surface area (Å²) < 4.78 is 12.7. The van der Waals surface area contributed by atoms with Gasteiger partial charge in [-0.25, -0.2) is 0 Å². The van der Waals surface area contributed by atoms with Gasteiger partial charge in [0.1, 0.15) is 17.5 Å². The van der Waals surface area contributed by atoms with E-state index in [-0.39, 0.29) is 18.7 Å². The highest BCUT2D eigenvalue weighted by Gasteiger charge is 2.49. The van der Waals surface area contributed by atoms with E-state index in [1.165, 1.54) is 0 Å². The molecule has 2 aliphatic rings. The lowest BCUT2D eigenvalue weighted by Crippen LogP contribution is -2.32. The van der Waals surface area contributed by atoms with Gasteiger partial charge in [0.15, 0.2) is 5.60 Å². The third-order valence-corrected chi connectivity index (χ3v) is 6.09. The number of amides is 1. The fourth-order valence-corrected chi connectivity index (χ4v) is 4.49. The van der Waals surface area contributed by atoms with Crippen molar-refractivity contribution in [2.75, 3.05) is 11.1 Å². The summed E-state index contributed by atoms with van der Waals surface area (Å²) in [6, 6.07) is 17.9. The molecule has 3 aromatic rings. The van der Waals surface area contributed by atoms with E-state index >= 15 is 0 Å². The van der Waals surface area contributed by atoms with Crippen molar-refractivity contribution in [1.29, 1.82) is 0 Å². The predicted molar refractivity (Wildman–Crippen MR) is 122 cm³/mol. The zero-order valence-corrected chi connectivity index (χ0v) is 17.7. The summed E-state index contributed by atoms with van der Waals surface area (Å²) in [6.07, 6.45) is 0.0359. The molecule has 0 saturated carbocycles. The van der Waals surface area contributed by atoms with Crippen LogP contribution < -0.4 is 21.5 Å². The number of benzene rings is 3. The molecule has 8 heteroatoms. The number of carboxylic acid groups (broad SMARTS) is 1. The first kappa shape index (κ1) is 21.0. The highest BCUT2D eigenvalue weighted by molar-refractivity contribution is 5.91. The Morgan fingerprint density at radius 1 is 1.03 bits per heavy atom. The lowest BCUT2D eigenvalue weighted by atomic mass is 9.77. The summed E-state index contributed by atoms with van der Waals surface area (Å²) >= 11 is 0. The monoisotopic (exact) mass is 445 g/mol. The van der Waals surface area contributed by atoms with Gasteiger partial charge in [-0.15, -0.1) is 0 Å². The Balaban J connectivity index is 1.51. The smallest absolute Gasteiger partial charge is 0.320 e. The van der Waals surface area contributed by atoms with E-state index in [0.717, 1.165) is 22.3 Å². The van der Waals surface area contributed by atoms with Gasteiger partial charge in [-0.1, -0.05) is 24.3 Å². The first-order chi connectivity index (χ1) is 15.9. The number of aliphatic carboxylic acids is 1. The number of ether oxygens (including phenoxy) is 2. The van der Waals surface area contributed by atoms with Gasteiger partial charge in [0.2, 0.25) is 5.91 Å². The molecule has 6 N–H and O–H groups in total. The summed E-state index contributed by atoms with van der Waals surface area (Å²) in [7, 11) is 0. The minimum atomic E-state index is -1.13. The molecule has 2 atom stereocenters. The second-order valence-corrected chi connectivity index (χ2v) is 8.23. The van der Waals surface area contributed by atoms with E-state index in [0.29, 0.717) is 29.5 Å². The minimum absolute atomic E-state index is 0.00873. The number of carbonyl (C=O) groups is 2. The first-order valence-corrected chi connectivity index (χ1v) is 10.6. The molecule has 0 bridgehead atoms. The fraction of sp³-hybridized carbons (Fsp3) is 0.200. The van der Waals surface area contributed by atoms with E-state index in [1.54, 1.807) is 18.2 Å². The summed E-state index contributed by atoms with van der Waals surface area (Å²) in [6.45, 7) is 0.460. The van der Waals surface area contributed by atoms with Gasteiger partial charge in [0.25, 0.3) is 0 Å². The number of carbonyl (C=O) groups excluding carboxylic acids is 1. The lowest BCUT2D eigenvalue weighted by Gasteiger charge is -2.37. The molecule has 0 fully saturated rings. The molecule has 0 radical (unpaired) electrons. The quantitative estimate of drug-likeness (QED) is 0.442. The molecule has 168 valence electrons. The zero-order chi connectivity index (χ0) is 23.2. The van der Waals surface area contributed by atoms with E-state index in [2.05, 4.69) is 11.4 Å². The molecule has 0 saturated heterocycles. The van der Waals surface area contributed by atoms with Crippen LogP contribution in [0.3, 0.4) is 0 Å². The topological polar surface area (TPSA) is 137 Å². The van der Waals surface area contributed by atoms with Crippen molar-refractivity contribution in [2.45, 2.75) is 31.1 Å². The number of fused-ring (bicyclic) bond motifs is 6. The van der Waals surface area contributed by atoms with Crippen LogP contribution in [0.15, 0.2) is 60.7 Å². The minimum Gasteiger partial charge on any atom is -0.480 e. The Kier molecular flexibility index (Phi) is 5.03. The van der Waals surface area contributed by atoms with Crippen molar-refractivity contribution in [3.63, 3.8) is 0 Å². The van der Waals surface area contributed by atoms with Crippen LogP contribution in [0, 0.1) is 0 Å². The maximum atomic E-state index is 12.3. The number of nitrogens with one attached hydrogen (secondary N) is 1. The normalized spacial score (nSPS) is 18.6. The molecule has 33 heavy (non-hydrogen) atoms. The van der Waals surface area contributed by atoms with Crippen LogP contribution in [-0.2, 0) is 26.5 Å². The Morgan fingerprint density at radius 3 is 2.55 bits per heavy atom. The van der Waals surface area contributed by atoms with Gasteiger partial charge in [-0.2, -0.15) is 0 Å². The van der Waals surface area contributed by atoms with Crippen molar-refractivity contribution in [3.8, 4) is 11.5 Å². The highest BCUT2D eigenvalue weighted by Crippen LogP contribution is 2.56. The number of rotatable bonds is 5. The number of carboxylic acids is 1. The molecule has 2 unspecified atom stereocenters. The summed E-state index contributed by atoms with van der Waals surface area (Å²) in [5.74, 6) is -0.325. The van der Waals surface area contributed by atoms with Crippen LogP contribution in [0.5, 0.6) is 11.5 Å². The Bertz CT molecular complexity index is 1270. The van der Waals surface area contributed by atoms with E-state index in [4.69, 9.17) is 26.0 Å². The molecular formula is C25H23N3O5. The lowest BCUT2D eigenvalue weighted by molar-refractivity contribution is -0.138. The molecule has 1 amide bonds. The molecule has 2 aliphatic heterocycles. The zero-order valence-electron chi connectivity index (χ0n) is 17.7. The van der Waals surface area contributed by atoms with Crippen LogP contribution in [-0.4, -0.2) is 23.0 Å². The van der Waals surface area contributed by atoms with Gasteiger partial charge in [-0.3, -0.25) is 9.59 Å². The van der Waals surface area contributed by atoms with E-state index in [1.807, 2.05) is 36.4 Å². The molecule has 2 heterocycles. The molecule has 1 spiro atoms. The molecule has 0 aliphatic carbocycles. The van der Waals surface area contributed by atoms with Crippen molar-refractivity contribution in [1.82, 2.24) is 0 Å². The second-order valence-electron chi connectivity index (χ2n) is 8.23. The SMILES string of the molecule is Nc1ccc2c(c1)Oc1cc(NC(=O)CCC(N)C(=O)O)ccc1C21OCc2ccccc21. The van der Waals surface area contributed by atoms with Gasteiger partial charge in [-0.05, 0) is 41.8 Å².